The van der Waals surface area contributed by atoms with Gasteiger partial charge in [0.1, 0.15) is 0 Å². The molecule has 104 heavy (non-hydrogen) atoms. The van der Waals surface area contributed by atoms with E-state index in [-0.39, 0.29) is 13.4 Å². The van der Waals surface area contributed by atoms with Gasteiger partial charge in [0.15, 0.2) is 0 Å². The van der Waals surface area contributed by atoms with E-state index in [0.29, 0.717) is 24.2 Å². The smallest absolute Gasteiger partial charge is 0.252 e. The molecule has 8 aliphatic heterocycles. The number of nitrogens with zero attached hydrogens (tertiary/aromatic N) is 6. The highest BCUT2D eigenvalue weighted by molar-refractivity contribution is 7.03. The van der Waals surface area contributed by atoms with Gasteiger partial charge in [-0.25, -0.2) is 0 Å². The Balaban J connectivity index is 0.865. The first-order valence-corrected chi connectivity index (χ1v) is 38.6. The van der Waals surface area contributed by atoms with Crippen LogP contribution >= 0.6 is 0 Å². The van der Waals surface area contributed by atoms with Gasteiger partial charge in [0.25, 0.3) is 13.4 Å². The van der Waals surface area contributed by atoms with Crippen molar-refractivity contribution in [1.29, 1.82) is 0 Å². The minimum Gasteiger partial charge on any atom is -0.365 e. The van der Waals surface area contributed by atoms with Crippen molar-refractivity contribution in [2.24, 2.45) is 23.7 Å². The van der Waals surface area contributed by atoms with Crippen molar-refractivity contribution in [3.05, 3.63) is 303 Å². The fourth-order valence-corrected chi connectivity index (χ4v) is 22.7. The molecule has 8 heterocycles. The molecule has 498 valence electrons. The molecule has 0 amide bonds. The molecule has 13 aromatic carbocycles. The number of hydrogen-bond donors (Lipinski definition) is 0. The Kier molecular flexibility index (Phi) is 13.2. The molecule has 0 unspecified atom stereocenters. The highest BCUT2D eigenvalue weighted by Gasteiger charge is 2.53. The van der Waals surface area contributed by atoms with Crippen LogP contribution in [0.25, 0.3) is 44.5 Å². The Bertz CT molecular complexity index is 5420. The van der Waals surface area contributed by atoms with Crippen LogP contribution in [0.2, 0.25) is 0 Å². The molecule has 8 heteroatoms. The van der Waals surface area contributed by atoms with Crippen molar-refractivity contribution in [3.63, 3.8) is 0 Å². The van der Waals surface area contributed by atoms with Crippen molar-refractivity contribution in [2.45, 2.75) is 88.4 Å². The molecule has 0 aromatic heterocycles. The Hall–Kier alpha value is -11.2. The minimum absolute atomic E-state index is 0.113. The highest BCUT2D eigenvalue weighted by Crippen LogP contribution is 2.59. The van der Waals surface area contributed by atoms with E-state index in [9.17, 15) is 0 Å². The molecule has 13 aromatic rings. The van der Waals surface area contributed by atoms with Crippen molar-refractivity contribution in [2.75, 3.05) is 29.4 Å². The fourth-order valence-electron chi connectivity index (χ4n) is 22.7. The molecule has 8 fully saturated rings. The lowest BCUT2D eigenvalue weighted by atomic mass is 9.30. The van der Waals surface area contributed by atoms with E-state index >= 15 is 0 Å². The minimum atomic E-state index is -0.183. The summed E-state index contributed by atoms with van der Waals surface area (Å²) in [6.07, 6.45) is 13.0. The lowest BCUT2D eigenvalue weighted by Crippen LogP contribution is -2.65. The standard InChI is InChI=1S/C96H78B2N6/c1-7-25-65(26-8-1)77-37-23-38-78(66-27-9-2-10-28-66)95(77)103-86-44-22-20-42-82(86)98-84-59-83-87(102(70-35-17-6-18-36-70)90-56-75(99-71-47-61-45-62(49-71)50-72(99)48-61)55-89-93(90)97(83)81-41-19-21-43-85(81)101(89)69-33-15-5-16-34-69)60-88(84)104(96-79(67-29-11-3-12-30-67)39-24-40-80(96)68-31-13-4-14-32-68)92-58-76(57-91(103)94(92)98)100-73-51-63-46-64(53-73)54-74(100)52-63/h1-44,55-64,71-74H,45-54H2. The molecular formula is C96H78B2N6. The van der Waals surface area contributed by atoms with Gasteiger partial charge in [0, 0.05) is 115 Å². The Morgan fingerprint density at radius 3 is 0.865 bits per heavy atom. The Morgan fingerprint density at radius 2 is 0.500 bits per heavy atom. The highest BCUT2D eigenvalue weighted by atomic mass is 15.3. The number of hydrogen-bond acceptors (Lipinski definition) is 6. The van der Waals surface area contributed by atoms with Crippen LogP contribution in [0.5, 0.6) is 0 Å². The lowest BCUT2D eigenvalue weighted by Gasteiger charge is -2.58. The van der Waals surface area contributed by atoms with Gasteiger partial charge in [-0.3, -0.25) is 0 Å². The third kappa shape index (κ3) is 8.90. The maximum Gasteiger partial charge on any atom is 0.252 e. The number of benzene rings is 13. The van der Waals surface area contributed by atoms with E-state index in [0.717, 1.165) is 23.7 Å². The van der Waals surface area contributed by atoms with E-state index in [2.05, 4.69) is 333 Å². The molecule has 4 saturated heterocycles. The van der Waals surface area contributed by atoms with Crippen LogP contribution in [0.1, 0.15) is 64.2 Å². The van der Waals surface area contributed by atoms with Crippen molar-refractivity contribution in [1.82, 2.24) is 0 Å². The normalized spacial score (nSPS) is 22.1. The van der Waals surface area contributed by atoms with Crippen molar-refractivity contribution in [3.8, 4) is 44.5 Å². The number of anilines is 14. The second-order valence-electron chi connectivity index (χ2n) is 31.9. The van der Waals surface area contributed by atoms with Crippen LogP contribution < -0.4 is 62.2 Å². The van der Waals surface area contributed by atoms with E-state index < -0.39 is 0 Å². The summed E-state index contributed by atoms with van der Waals surface area (Å²) in [5.74, 6) is 3.24. The number of piperidine rings is 4. The average Bonchev–Trinajstić information content (AvgIpc) is 0.678. The second-order valence-corrected chi connectivity index (χ2v) is 31.9. The van der Waals surface area contributed by atoms with Gasteiger partial charge in [-0.2, -0.15) is 0 Å². The van der Waals surface area contributed by atoms with Crippen LogP contribution in [-0.2, 0) is 0 Å². The molecule has 4 aliphatic carbocycles. The summed E-state index contributed by atoms with van der Waals surface area (Å²) in [6.45, 7) is -0.296. The summed E-state index contributed by atoms with van der Waals surface area (Å²) >= 11 is 0. The summed E-state index contributed by atoms with van der Waals surface area (Å²) in [5, 5.41) is 0. The quantitative estimate of drug-likeness (QED) is 0.126. The van der Waals surface area contributed by atoms with Crippen LogP contribution in [-0.4, -0.2) is 37.6 Å². The summed E-state index contributed by atoms with van der Waals surface area (Å²) in [4.78, 5) is 16.9. The molecule has 0 radical (unpaired) electrons. The number of fused-ring (bicyclic) bond motifs is 8. The second kappa shape index (κ2) is 23.1. The van der Waals surface area contributed by atoms with E-state index in [1.54, 1.807) is 0 Å². The van der Waals surface area contributed by atoms with Gasteiger partial charge in [-0.05, 0) is 210 Å². The largest absolute Gasteiger partial charge is 0.365 e. The van der Waals surface area contributed by atoms with Gasteiger partial charge in [-0.1, -0.05) is 237 Å². The monoisotopic (exact) mass is 1340 g/mol. The summed E-state index contributed by atoms with van der Waals surface area (Å²) < 4.78 is 0. The van der Waals surface area contributed by atoms with E-state index in [4.69, 9.17) is 0 Å². The van der Waals surface area contributed by atoms with Gasteiger partial charge < -0.3 is 29.4 Å². The number of rotatable bonds is 10. The molecule has 0 atom stereocenters. The van der Waals surface area contributed by atoms with Crippen LogP contribution in [0.15, 0.2) is 303 Å². The first-order valence-electron chi connectivity index (χ1n) is 38.6. The predicted octanol–water partition coefficient (Wildman–Crippen LogP) is 20.1. The Labute approximate surface area is 611 Å². The Morgan fingerprint density at radius 1 is 0.212 bits per heavy atom. The third-order valence-corrected chi connectivity index (χ3v) is 26.3. The molecule has 8 bridgehead atoms. The molecule has 25 rings (SSSR count). The summed E-state index contributed by atoms with van der Waals surface area (Å²) in [7, 11) is 0. The van der Waals surface area contributed by atoms with Crippen LogP contribution in [0.3, 0.4) is 0 Å². The van der Waals surface area contributed by atoms with Crippen molar-refractivity contribution >= 4 is 126 Å². The van der Waals surface area contributed by atoms with Gasteiger partial charge >= 0.3 is 0 Å². The first-order chi connectivity index (χ1) is 51.6. The zero-order valence-electron chi connectivity index (χ0n) is 58.4. The molecule has 0 N–H and O–H groups in total. The van der Waals surface area contributed by atoms with E-state index in [1.807, 2.05) is 0 Å². The predicted molar refractivity (Wildman–Crippen MR) is 436 cm³/mol. The molecular weight excluding hydrogens is 1260 g/mol. The third-order valence-electron chi connectivity index (χ3n) is 26.3. The molecule has 4 saturated carbocycles. The zero-order chi connectivity index (χ0) is 67.8. The van der Waals surface area contributed by atoms with Crippen LogP contribution in [0.4, 0.5) is 79.6 Å². The van der Waals surface area contributed by atoms with Gasteiger partial charge in [0.2, 0.25) is 0 Å². The molecule has 12 aliphatic rings. The summed E-state index contributed by atoms with van der Waals surface area (Å²) in [5.41, 5.74) is 34.9. The number of para-hydroxylation sites is 6. The maximum absolute atomic E-state index is 2.97. The maximum atomic E-state index is 2.97. The van der Waals surface area contributed by atoms with E-state index in [1.165, 1.54) is 221 Å². The topological polar surface area (TPSA) is 19.4 Å². The van der Waals surface area contributed by atoms with Gasteiger partial charge in [-0.15, -0.1) is 0 Å². The zero-order valence-corrected chi connectivity index (χ0v) is 58.4. The van der Waals surface area contributed by atoms with Crippen molar-refractivity contribution < 1.29 is 0 Å². The SMILES string of the molecule is c1ccc(-c2cccc(-c3ccccc3)c2N2c3ccccc3B3c4cc5c(cc4N(c4c(-c6ccccc6)cccc4-c4ccccc4)c4cc(N6C7CC8CC(C7)CC6C8)cc2c43)N(c2ccccc2)c2cc(N3C4CC6CC(C4)CC3C6)cc3c2B5c2ccccc2N3c2ccccc2)cc1. The van der Waals surface area contributed by atoms with Gasteiger partial charge in [0.05, 0.1) is 11.4 Å². The lowest BCUT2D eigenvalue weighted by molar-refractivity contribution is 0.0899. The molecule has 6 nitrogen and oxygen atoms in total. The first kappa shape index (κ1) is 59.3. The molecule has 0 spiro atoms. The summed E-state index contributed by atoms with van der Waals surface area (Å²) in [6, 6.07) is 119. The fraction of sp³-hybridized carbons (Fsp3) is 0.188. The van der Waals surface area contributed by atoms with Crippen LogP contribution in [0, 0.1) is 23.7 Å². The average molecular weight is 1340 g/mol.